The summed E-state index contributed by atoms with van der Waals surface area (Å²) in [6.07, 6.45) is 0.598. The fourth-order valence-electron chi connectivity index (χ4n) is 0.696. The molecule has 0 fully saturated rings. The fourth-order valence-corrected chi connectivity index (χ4v) is 0.696. The number of nitro groups is 1. The lowest BCUT2D eigenvalue weighted by Gasteiger charge is -1.93. The van der Waals surface area contributed by atoms with Crippen molar-refractivity contribution in [2.75, 3.05) is 0 Å². The van der Waals surface area contributed by atoms with Crippen LogP contribution in [0.15, 0.2) is 0 Å². The zero-order valence-electron chi connectivity index (χ0n) is 5.97. The molecule has 0 spiro atoms. The Morgan fingerprint density at radius 3 is 3.00 bits per heavy atom. The molecule has 0 aliphatic rings. The van der Waals surface area contributed by atoms with Gasteiger partial charge in [0.1, 0.15) is 0 Å². The van der Waals surface area contributed by atoms with E-state index >= 15 is 0 Å². The lowest BCUT2D eigenvalue weighted by Crippen LogP contribution is -2.12. The molecule has 0 N–H and O–H groups in total. The van der Waals surface area contributed by atoms with Crippen LogP contribution in [-0.2, 0) is 13.1 Å². The monoisotopic (exact) mass is 157 g/mol. The normalized spacial score (nSPS) is 9.91. The largest absolute Gasteiger partial charge is 0.299 e. The van der Waals surface area contributed by atoms with E-state index in [0.29, 0.717) is 12.2 Å². The number of hydrogen-bond donors (Lipinski definition) is 0. The third-order valence-electron chi connectivity index (χ3n) is 1.17. The molecule has 0 amide bonds. The van der Waals surface area contributed by atoms with Crippen molar-refractivity contribution in [3.8, 4) is 0 Å². The van der Waals surface area contributed by atoms with Gasteiger partial charge in [-0.15, -0.1) is 5.10 Å². The first-order valence-electron chi connectivity index (χ1n) is 3.11. The van der Waals surface area contributed by atoms with E-state index in [0.717, 1.165) is 0 Å². The lowest BCUT2D eigenvalue weighted by molar-refractivity contribution is -0.516. The van der Waals surface area contributed by atoms with Gasteiger partial charge in [0, 0.05) is 11.3 Å². The molecule has 7 heteroatoms. The van der Waals surface area contributed by atoms with E-state index < -0.39 is 4.92 Å². The van der Waals surface area contributed by atoms with Crippen LogP contribution in [0.1, 0.15) is 12.7 Å². The van der Waals surface area contributed by atoms with E-state index in [1.165, 1.54) is 4.68 Å². The second-order valence-corrected chi connectivity index (χ2v) is 1.92. The number of aryl methyl sites for hydroxylation is 1. The van der Waals surface area contributed by atoms with Crippen molar-refractivity contribution in [3.63, 3.8) is 0 Å². The third kappa shape index (κ3) is 1.69. The number of aromatic nitrogens is 4. The maximum Gasteiger partial charge on any atom is 0.299 e. The van der Waals surface area contributed by atoms with E-state index in [9.17, 15) is 10.1 Å². The lowest BCUT2D eigenvalue weighted by atomic mass is 10.5. The van der Waals surface area contributed by atoms with Gasteiger partial charge >= 0.3 is 0 Å². The standard InChI is InChI=1S/C4H7N5O2/c1-2-4-5-6-7-8(4)3-9(10)11/h2-3H2,1H3. The molecule has 1 aromatic heterocycles. The summed E-state index contributed by atoms with van der Waals surface area (Å²) in [5, 5.41) is 20.4. The Morgan fingerprint density at radius 2 is 2.45 bits per heavy atom. The van der Waals surface area contributed by atoms with E-state index in [2.05, 4.69) is 15.5 Å². The molecule has 0 unspecified atom stereocenters. The van der Waals surface area contributed by atoms with Gasteiger partial charge in [0.05, 0.1) is 0 Å². The maximum absolute atomic E-state index is 10.0. The molecule has 1 rings (SSSR count). The third-order valence-corrected chi connectivity index (χ3v) is 1.17. The Bertz CT molecular complexity index is 257. The quantitative estimate of drug-likeness (QED) is 0.434. The van der Waals surface area contributed by atoms with Crippen LogP contribution in [0.2, 0.25) is 0 Å². The van der Waals surface area contributed by atoms with Gasteiger partial charge in [-0.25, -0.2) is 0 Å². The summed E-state index contributed by atoms with van der Waals surface area (Å²) < 4.78 is 1.17. The van der Waals surface area contributed by atoms with E-state index in [1.807, 2.05) is 6.92 Å². The van der Waals surface area contributed by atoms with Gasteiger partial charge in [-0.2, -0.15) is 4.68 Å². The SMILES string of the molecule is CCc1nnnn1C[N+](=O)[O-]. The molecule has 0 bridgehead atoms. The molecule has 1 heterocycles. The minimum Gasteiger partial charge on any atom is -0.263 e. The van der Waals surface area contributed by atoms with E-state index in [4.69, 9.17) is 0 Å². The topological polar surface area (TPSA) is 86.7 Å². The highest BCUT2D eigenvalue weighted by molar-refractivity contribution is 4.76. The van der Waals surface area contributed by atoms with Crippen molar-refractivity contribution in [1.29, 1.82) is 0 Å². The van der Waals surface area contributed by atoms with E-state index in [1.54, 1.807) is 0 Å². The molecule has 0 aliphatic heterocycles. The molecule has 60 valence electrons. The minimum atomic E-state index is -0.477. The maximum atomic E-state index is 10.0. The molecule has 0 aromatic carbocycles. The van der Waals surface area contributed by atoms with Crippen molar-refractivity contribution in [1.82, 2.24) is 20.2 Å². The second-order valence-electron chi connectivity index (χ2n) is 1.92. The van der Waals surface area contributed by atoms with Crippen LogP contribution in [0.5, 0.6) is 0 Å². The molecule has 11 heavy (non-hydrogen) atoms. The molecule has 0 radical (unpaired) electrons. The Kier molecular flexibility index (Phi) is 2.09. The van der Waals surface area contributed by atoms with Crippen molar-refractivity contribution >= 4 is 0 Å². The molecule has 1 aromatic rings. The summed E-state index contributed by atoms with van der Waals surface area (Å²) in [5.74, 6) is 0.529. The van der Waals surface area contributed by atoms with Crippen LogP contribution >= 0.6 is 0 Å². The van der Waals surface area contributed by atoms with Crippen LogP contribution < -0.4 is 0 Å². The van der Waals surface area contributed by atoms with Gasteiger partial charge in [0.25, 0.3) is 6.67 Å². The average Bonchev–Trinajstić information content (AvgIpc) is 2.34. The van der Waals surface area contributed by atoms with Crippen LogP contribution in [0.25, 0.3) is 0 Å². The van der Waals surface area contributed by atoms with E-state index in [-0.39, 0.29) is 6.67 Å². The van der Waals surface area contributed by atoms with Crippen molar-refractivity contribution in [2.24, 2.45) is 0 Å². The van der Waals surface area contributed by atoms with Crippen LogP contribution in [0, 0.1) is 10.1 Å². The van der Waals surface area contributed by atoms with Gasteiger partial charge in [-0.05, 0) is 10.4 Å². The van der Waals surface area contributed by atoms with Gasteiger partial charge in [-0.1, -0.05) is 6.92 Å². The molecule has 0 saturated carbocycles. The minimum absolute atomic E-state index is 0.365. The molecular weight excluding hydrogens is 150 g/mol. The van der Waals surface area contributed by atoms with Gasteiger partial charge in [-0.3, -0.25) is 10.1 Å². The zero-order valence-corrected chi connectivity index (χ0v) is 5.97. The summed E-state index contributed by atoms with van der Waals surface area (Å²) >= 11 is 0. The highest BCUT2D eigenvalue weighted by Gasteiger charge is 2.07. The molecular formula is C4H7N5O2. The molecule has 0 atom stereocenters. The van der Waals surface area contributed by atoms with Crippen LogP contribution in [0.4, 0.5) is 0 Å². The smallest absolute Gasteiger partial charge is 0.263 e. The molecule has 0 saturated heterocycles. The first-order chi connectivity index (χ1) is 5.24. The van der Waals surface area contributed by atoms with Crippen molar-refractivity contribution in [2.45, 2.75) is 20.0 Å². The van der Waals surface area contributed by atoms with Gasteiger partial charge in [0.15, 0.2) is 5.82 Å². The summed E-state index contributed by atoms with van der Waals surface area (Å²) in [6.45, 7) is 1.47. The predicted molar refractivity (Wildman–Crippen MR) is 34.2 cm³/mol. The summed E-state index contributed by atoms with van der Waals surface area (Å²) in [5.41, 5.74) is 0. The zero-order chi connectivity index (χ0) is 8.27. The number of rotatable bonds is 3. The van der Waals surface area contributed by atoms with Crippen LogP contribution in [0.3, 0.4) is 0 Å². The fraction of sp³-hybridized carbons (Fsp3) is 0.750. The van der Waals surface area contributed by atoms with Crippen LogP contribution in [-0.4, -0.2) is 25.1 Å². The summed E-state index contributed by atoms with van der Waals surface area (Å²) in [6, 6.07) is 0. The summed E-state index contributed by atoms with van der Waals surface area (Å²) in [4.78, 5) is 9.55. The van der Waals surface area contributed by atoms with Gasteiger partial charge < -0.3 is 0 Å². The number of nitrogens with zero attached hydrogens (tertiary/aromatic N) is 5. The number of hydrogen-bond acceptors (Lipinski definition) is 5. The van der Waals surface area contributed by atoms with Gasteiger partial charge in [0.2, 0.25) is 0 Å². The number of tetrazole rings is 1. The Hall–Kier alpha value is -1.53. The molecule has 0 aliphatic carbocycles. The first-order valence-corrected chi connectivity index (χ1v) is 3.11. The Morgan fingerprint density at radius 1 is 1.73 bits per heavy atom. The first kappa shape index (κ1) is 7.58. The van der Waals surface area contributed by atoms with Crippen molar-refractivity contribution in [3.05, 3.63) is 15.9 Å². The molecule has 7 nitrogen and oxygen atoms in total. The average molecular weight is 157 g/mol. The highest BCUT2D eigenvalue weighted by atomic mass is 16.6. The second kappa shape index (κ2) is 3.04. The summed E-state index contributed by atoms with van der Waals surface area (Å²) in [7, 11) is 0. The Labute approximate surface area is 62.2 Å². The predicted octanol–water partition coefficient (Wildman–Crippen LogP) is -0.530. The Balaban J connectivity index is 2.76. The highest BCUT2D eigenvalue weighted by Crippen LogP contribution is 1.91. The van der Waals surface area contributed by atoms with Crippen molar-refractivity contribution < 1.29 is 4.92 Å².